The van der Waals surface area contributed by atoms with Crippen LogP contribution in [0.25, 0.3) is 11.0 Å². The van der Waals surface area contributed by atoms with E-state index in [1.165, 1.54) is 21.1 Å². The Balaban J connectivity index is 2.74. The van der Waals surface area contributed by atoms with Crippen LogP contribution in [-0.2, 0) is 11.3 Å². The normalized spacial score (nSPS) is 13.1. The topological polar surface area (TPSA) is 119 Å². The summed E-state index contributed by atoms with van der Waals surface area (Å²) in [6.45, 7) is 6.04. The molecule has 0 aliphatic rings. The molecule has 8 nitrogen and oxygen atoms in total. The number of amides is 1. The first-order valence-electron chi connectivity index (χ1n) is 8.91. The third kappa shape index (κ3) is 4.50. The van der Waals surface area contributed by atoms with Crippen LogP contribution in [0.15, 0.2) is 16.9 Å². The number of nitrogen functional groups attached to an aromatic ring is 1. The monoisotopic (exact) mass is 386 g/mol. The zero-order chi connectivity index (χ0) is 21.1. The molecule has 2 heterocycles. The van der Waals surface area contributed by atoms with E-state index in [1.807, 2.05) is 13.8 Å². The lowest BCUT2D eigenvalue weighted by Crippen LogP contribution is -2.30. The van der Waals surface area contributed by atoms with Crippen LogP contribution in [0.3, 0.4) is 0 Å². The van der Waals surface area contributed by atoms with Crippen LogP contribution in [0.2, 0.25) is 0 Å². The molecule has 0 radical (unpaired) electrons. The Morgan fingerprint density at radius 2 is 2.14 bits per heavy atom. The van der Waals surface area contributed by atoms with Crippen LogP contribution >= 0.6 is 0 Å². The minimum absolute atomic E-state index is 0.0497. The van der Waals surface area contributed by atoms with Gasteiger partial charge in [0.05, 0.1) is 12.0 Å². The van der Waals surface area contributed by atoms with Gasteiger partial charge in [-0.15, -0.1) is 0 Å². The van der Waals surface area contributed by atoms with Crippen molar-refractivity contribution in [2.75, 3.05) is 26.5 Å². The highest BCUT2D eigenvalue weighted by Gasteiger charge is 2.21. The number of nitrogens with zero attached hydrogens (tertiary/aromatic N) is 2. The van der Waals surface area contributed by atoms with Gasteiger partial charge < -0.3 is 25.5 Å². The van der Waals surface area contributed by atoms with Gasteiger partial charge in [0, 0.05) is 20.7 Å². The Kier molecular flexibility index (Phi) is 6.44. The molecule has 2 aromatic heterocycles. The lowest BCUT2D eigenvalue weighted by Gasteiger charge is -2.18. The fourth-order valence-electron chi connectivity index (χ4n) is 2.81. The molecule has 4 N–H and O–H groups in total. The Morgan fingerprint density at radius 1 is 1.46 bits per heavy atom. The van der Waals surface area contributed by atoms with Crippen molar-refractivity contribution < 1.29 is 14.6 Å². The summed E-state index contributed by atoms with van der Waals surface area (Å²) in [7, 11) is 2.92. The van der Waals surface area contributed by atoms with Crippen molar-refractivity contribution in [3.05, 3.63) is 33.6 Å². The van der Waals surface area contributed by atoms with Gasteiger partial charge in [-0.25, -0.2) is 4.98 Å². The quantitative estimate of drug-likeness (QED) is 0.652. The van der Waals surface area contributed by atoms with Gasteiger partial charge in [-0.05, 0) is 30.9 Å². The first-order valence-corrected chi connectivity index (χ1v) is 8.91. The molecule has 0 saturated heterocycles. The minimum Gasteiger partial charge on any atom is -0.384 e. The molecule has 0 bridgehead atoms. The summed E-state index contributed by atoms with van der Waals surface area (Å²) in [5.41, 5.74) is 4.99. The van der Waals surface area contributed by atoms with Crippen molar-refractivity contribution >= 4 is 22.8 Å². The summed E-state index contributed by atoms with van der Waals surface area (Å²) in [4.78, 5) is 29.5. The van der Waals surface area contributed by atoms with E-state index in [4.69, 9.17) is 10.5 Å². The number of pyridine rings is 2. The number of hydrogen-bond acceptors (Lipinski definition) is 6. The second-order valence-corrected chi connectivity index (χ2v) is 7.20. The van der Waals surface area contributed by atoms with Crippen molar-refractivity contribution in [3.63, 3.8) is 0 Å². The maximum absolute atomic E-state index is 12.8. The first kappa shape index (κ1) is 21.4. The average Bonchev–Trinajstić information content (AvgIpc) is 2.63. The number of carbonyl (C=O) groups excluding carboxylic acids is 1. The summed E-state index contributed by atoms with van der Waals surface area (Å²) in [5, 5.41) is 12.9. The number of fused-ring (bicyclic) bond motifs is 1. The Morgan fingerprint density at radius 3 is 2.71 bits per heavy atom. The highest BCUT2D eigenvalue weighted by Crippen LogP contribution is 2.19. The van der Waals surface area contributed by atoms with Crippen LogP contribution in [0.5, 0.6) is 0 Å². The molecule has 0 aliphatic carbocycles. The molecule has 1 unspecified atom stereocenters. The van der Waals surface area contributed by atoms with Crippen molar-refractivity contribution in [2.24, 2.45) is 5.92 Å². The lowest BCUT2D eigenvalue weighted by molar-refractivity contribution is 0.0274. The maximum Gasteiger partial charge on any atom is 0.258 e. The second kappa shape index (κ2) is 8.42. The van der Waals surface area contributed by atoms with Gasteiger partial charge in [-0.1, -0.05) is 19.8 Å². The van der Waals surface area contributed by atoms with Crippen LogP contribution in [0, 0.1) is 17.8 Å². The molecule has 2 rings (SSSR count). The highest BCUT2D eigenvalue weighted by atomic mass is 16.5. The van der Waals surface area contributed by atoms with Crippen molar-refractivity contribution in [1.82, 2.24) is 14.9 Å². The van der Waals surface area contributed by atoms with Gasteiger partial charge in [0.25, 0.3) is 5.91 Å². The molecule has 28 heavy (non-hydrogen) atoms. The van der Waals surface area contributed by atoms with E-state index in [1.54, 1.807) is 16.7 Å². The Hall–Kier alpha value is -2.89. The second-order valence-electron chi connectivity index (χ2n) is 7.20. The average molecular weight is 386 g/mol. The summed E-state index contributed by atoms with van der Waals surface area (Å²) >= 11 is 0. The maximum atomic E-state index is 12.8. The number of aromatic nitrogens is 2. The molecule has 1 atom stereocenters. The molecule has 0 fully saturated rings. The van der Waals surface area contributed by atoms with Crippen LogP contribution in [-0.4, -0.2) is 46.9 Å². The molecule has 1 amide bonds. The van der Waals surface area contributed by atoms with Gasteiger partial charge in [0.15, 0.2) is 0 Å². The molecule has 0 saturated carbocycles. The molecule has 0 spiro atoms. The molecular formula is C20H26N4O4. The van der Waals surface area contributed by atoms with E-state index in [2.05, 4.69) is 22.1 Å². The van der Waals surface area contributed by atoms with Crippen molar-refractivity contribution in [1.29, 1.82) is 0 Å². The van der Waals surface area contributed by atoms with E-state index >= 15 is 0 Å². The van der Waals surface area contributed by atoms with Crippen molar-refractivity contribution in [2.45, 2.75) is 32.9 Å². The van der Waals surface area contributed by atoms with Crippen LogP contribution in [0.4, 0.5) is 5.82 Å². The fourth-order valence-corrected chi connectivity index (χ4v) is 2.81. The van der Waals surface area contributed by atoms with E-state index in [-0.39, 0.29) is 29.3 Å². The third-order valence-corrected chi connectivity index (χ3v) is 4.04. The SMILES string of the molecule is CNC(=O)c1c(N)n(CC(C)C)c2nc(C#CC(C)(O)COC)ccc2c1=O. The lowest BCUT2D eigenvalue weighted by atomic mass is 10.1. The van der Waals surface area contributed by atoms with Crippen LogP contribution < -0.4 is 16.5 Å². The van der Waals surface area contributed by atoms with E-state index < -0.39 is 16.9 Å². The summed E-state index contributed by atoms with van der Waals surface area (Å²) in [5.74, 6) is 5.23. The van der Waals surface area contributed by atoms with E-state index in [0.717, 1.165) is 0 Å². The number of rotatable bonds is 5. The highest BCUT2D eigenvalue weighted by molar-refractivity contribution is 6.01. The standard InChI is InChI=1S/C20H26N4O4/c1-12(2)10-24-17(21)15(19(26)22-4)16(25)14-7-6-13(23-18(14)24)8-9-20(3,27)11-28-5/h6-7,12,27H,10-11,21H2,1-5H3,(H,22,26). The summed E-state index contributed by atoms with van der Waals surface area (Å²) < 4.78 is 6.59. The first-order chi connectivity index (χ1) is 13.1. The third-order valence-electron chi connectivity index (χ3n) is 4.04. The Labute approximate surface area is 163 Å². The Bertz CT molecular complexity index is 1010. The molecule has 2 aromatic rings. The number of hydrogen-bond donors (Lipinski definition) is 3. The minimum atomic E-state index is -1.33. The number of methoxy groups -OCH3 is 1. The zero-order valence-electron chi connectivity index (χ0n) is 16.8. The van der Waals surface area contributed by atoms with Crippen molar-refractivity contribution in [3.8, 4) is 11.8 Å². The van der Waals surface area contributed by atoms with Gasteiger partial charge >= 0.3 is 0 Å². The zero-order valence-corrected chi connectivity index (χ0v) is 16.8. The summed E-state index contributed by atoms with van der Waals surface area (Å²) in [6.07, 6.45) is 0. The number of anilines is 1. The largest absolute Gasteiger partial charge is 0.384 e. The number of nitrogens with one attached hydrogen (secondary N) is 1. The van der Waals surface area contributed by atoms with Crippen LogP contribution in [0.1, 0.15) is 36.8 Å². The number of aliphatic hydroxyl groups is 1. The van der Waals surface area contributed by atoms with E-state index in [0.29, 0.717) is 17.9 Å². The summed E-state index contributed by atoms with van der Waals surface area (Å²) in [6, 6.07) is 3.14. The number of ether oxygens (including phenoxy) is 1. The van der Waals surface area contributed by atoms with Gasteiger partial charge in [0.1, 0.15) is 28.3 Å². The number of carbonyl (C=O) groups is 1. The predicted molar refractivity (Wildman–Crippen MR) is 108 cm³/mol. The van der Waals surface area contributed by atoms with Gasteiger partial charge in [-0.2, -0.15) is 0 Å². The predicted octanol–water partition coefficient (Wildman–Crippen LogP) is 0.743. The van der Waals surface area contributed by atoms with Gasteiger partial charge in [-0.3, -0.25) is 9.59 Å². The van der Waals surface area contributed by atoms with E-state index in [9.17, 15) is 14.7 Å². The van der Waals surface area contributed by atoms with Gasteiger partial charge in [0.2, 0.25) is 5.43 Å². The number of nitrogens with two attached hydrogens (primary N) is 1. The smallest absolute Gasteiger partial charge is 0.258 e. The fraction of sp³-hybridized carbons (Fsp3) is 0.450. The molecule has 8 heteroatoms. The molecular weight excluding hydrogens is 360 g/mol. The molecule has 0 aromatic carbocycles. The molecule has 0 aliphatic heterocycles. The molecule has 150 valence electrons.